The van der Waals surface area contributed by atoms with Crippen LogP contribution in [0.4, 0.5) is 26.0 Å². The van der Waals surface area contributed by atoms with Gasteiger partial charge in [0.05, 0.1) is 47.9 Å². The van der Waals surface area contributed by atoms with Gasteiger partial charge in [-0.05, 0) is 94.8 Å². The van der Waals surface area contributed by atoms with Crippen LogP contribution in [0.1, 0.15) is 71.4 Å². The molecule has 3 aromatic heterocycles. The number of rotatable bonds is 7. The molecule has 7 heterocycles. The Morgan fingerprint density at radius 2 is 1.71 bits per heavy atom. The third-order valence-electron chi connectivity index (χ3n) is 12.4. The number of halogens is 2. The quantitative estimate of drug-likeness (QED) is 0.221. The second-order valence-corrected chi connectivity index (χ2v) is 16.4. The Morgan fingerprint density at radius 1 is 0.941 bits per heavy atom. The van der Waals surface area contributed by atoms with Gasteiger partial charge in [0.1, 0.15) is 5.52 Å². The van der Waals surface area contributed by atoms with Gasteiger partial charge >= 0.3 is 0 Å². The van der Waals surface area contributed by atoms with Gasteiger partial charge in [-0.3, -0.25) is 14.6 Å². The van der Waals surface area contributed by atoms with Gasteiger partial charge in [0.2, 0.25) is 11.7 Å². The number of aromatic nitrogens is 4. The van der Waals surface area contributed by atoms with E-state index < -0.39 is 17.2 Å². The average Bonchev–Trinajstić information content (AvgIpc) is 3.72. The Balaban J connectivity index is 1.10. The average molecular weight is 697 g/mol. The molecular formula is C39H46F2N8O2. The van der Waals surface area contributed by atoms with Crippen molar-refractivity contribution in [1.29, 1.82) is 0 Å². The van der Waals surface area contributed by atoms with Crippen molar-refractivity contribution in [1.82, 2.24) is 29.3 Å². The highest BCUT2D eigenvalue weighted by Gasteiger charge is 2.56. The summed E-state index contributed by atoms with van der Waals surface area (Å²) in [7, 11) is 0. The van der Waals surface area contributed by atoms with Crippen LogP contribution in [-0.2, 0) is 14.9 Å². The Kier molecular flexibility index (Phi) is 7.75. The molecule has 268 valence electrons. The maximum Gasteiger partial charge on any atom is 0.251 e. The van der Waals surface area contributed by atoms with Crippen LogP contribution in [0.2, 0.25) is 0 Å². The van der Waals surface area contributed by atoms with Gasteiger partial charge < -0.3 is 19.5 Å². The fraction of sp³-hybridized carbons (Fsp3) is 0.538. The molecule has 1 amide bonds. The van der Waals surface area contributed by atoms with Crippen LogP contribution in [0, 0.1) is 17.2 Å². The molecule has 51 heavy (non-hydrogen) atoms. The minimum absolute atomic E-state index is 0.0548. The Hall–Kier alpha value is -4.00. The molecule has 4 fully saturated rings. The Morgan fingerprint density at radius 3 is 2.39 bits per heavy atom. The van der Waals surface area contributed by atoms with Crippen LogP contribution in [-0.4, -0.2) is 92.7 Å². The molecule has 1 aromatic carbocycles. The highest BCUT2D eigenvalue weighted by Crippen LogP contribution is 2.52. The summed E-state index contributed by atoms with van der Waals surface area (Å²) >= 11 is 0. The minimum Gasteiger partial charge on any atom is -0.378 e. The molecular weight excluding hydrogens is 650 g/mol. The third kappa shape index (κ3) is 5.35. The molecule has 5 aliphatic rings. The van der Waals surface area contributed by atoms with Gasteiger partial charge in [-0.2, -0.15) is 8.78 Å². The van der Waals surface area contributed by atoms with E-state index in [0.29, 0.717) is 40.0 Å². The predicted octanol–water partition coefficient (Wildman–Crippen LogP) is 6.44. The number of imidazole rings is 1. The lowest BCUT2D eigenvalue weighted by atomic mass is 9.73. The van der Waals surface area contributed by atoms with E-state index in [1.165, 1.54) is 18.7 Å². The highest BCUT2D eigenvalue weighted by molar-refractivity contribution is 6.09. The third-order valence-corrected chi connectivity index (χ3v) is 12.4. The number of likely N-dealkylation sites (tertiary alicyclic amines) is 2. The van der Waals surface area contributed by atoms with Crippen molar-refractivity contribution < 1.29 is 18.3 Å². The van der Waals surface area contributed by atoms with E-state index in [-0.39, 0.29) is 23.7 Å². The van der Waals surface area contributed by atoms with Gasteiger partial charge in [0.15, 0.2) is 5.82 Å². The summed E-state index contributed by atoms with van der Waals surface area (Å²) in [6.07, 6.45) is 7.73. The number of nitrogens with zero attached hydrogens (tertiary/aromatic N) is 7. The van der Waals surface area contributed by atoms with E-state index in [2.05, 4.69) is 57.0 Å². The number of carbonyl (C=O) groups is 1. The number of carbonyl (C=O) groups excluding carboxylic acids is 1. The van der Waals surface area contributed by atoms with Crippen molar-refractivity contribution in [2.75, 3.05) is 49.6 Å². The maximum absolute atomic E-state index is 14.9. The molecule has 1 N–H and O–H groups in total. The number of fused-ring (bicyclic) bond motifs is 3. The smallest absolute Gasteiger partial charge is 0.251 e. The lowest BCUT2D eigenvalue weighted by molar-refractivity contribution is -0.128. The summed E-state index contributed by atoms with van der Waals surface area (Å²) < 4.78 is 36.5. The van der Waals surface area contributed by atoms with E-state index in [1.807, 2.05) is 24.5 Å². The summed E-state index contributed by atoms with van der Waals surface area (Å²) in [5, 5.41) is 3.05. The number of benzene rings is 1. The first-order valence-corrected chi connectivity index (χ1v) is 18.5. The molecule has 3 saturated heterocycles. The number of pyridine rings is 2. The van der Waals surface area contributed by atoms with Crippen LogP contribution < -0.4 is 10.2 Å². The zero-order valence-corrected chi connectivity index (χ0v) is 29.8. The number of nitrogens with one attached hydrogen (secondary N) is 1. The van der Waals surface area contributed by atoms with Gasteiger partial charge in [0.25, 0.3) is 5.95 Å². The Labute approximate surface area is 297 Å². The zero-order chi connectivity index (χ0) is 35.2. The van der Waals surface area contributed by atoms with Gasteiger partial charge in [-0.15, -0.1) is 0 Å². The first kappa shape index (κ1) is 32.9. The van der Waals surface area contributed by atoms with Crippen molar-refractivity contribution in [2.45, 2.75) is 89.4 Å². The van der Waals surface area contributed by atoms with E-state index in [4.69, 9.17) is 14.7 Å². The van der Waals surface area contributed by atoms with Crippen LogP contribution >= 0.6 is 0 Å². The van der Waals surface area contributed by atoms with E-state index >= 15 is 0 Å². The number of ether oxygens (including phenoxy) is 1. The second kappa shape index (κ2) is 12.0. The number of hydrogen-bond acceptors (Lipinski definition) is 8. The molecule has 4 aromatic rings. The lowest BCUT2D eigenvalue weighted by Crippen LogP contribution is -2.59. The molecule has 0 bridgehead atoms. The number of anilines is 3. The monoisotopic (exact) mass is 696 g/mol. The fourth-order valence-corrected chi connectivity index (χ4v) is 9.16. The van der Waals surface area contributed by atoms with Gasteiger partial charge in [0, 0.05) is 42.1 Å². The highest BCUT2D eigenvalue weighted by atomic mass is 19.2. The molecule has 4 aliphatic heterocycles. The summed E-state index contributed by atoms with van der Waals surface area (Å²) in [6.45, 7) is 14.3. The molecule has 1 saturated carbocycles. The van der Waals surface area contributed by atoms with E-state index in [0.717, 1.165) is 81.9 Å². The van der Waals surface area contributed by atoms with Crippen LogP contribution in [0.5, 0.6) is 0 Å². The standard InChI is InChI=1S/C39H46F2N8O2/c1-23(2)48-22-43-31-18-30(45-36(34(31)48)44-29-7-11-42-35(41)33(29)40)24-5-6-28-32(15-24)49(26-16-25(17-26)47-12-8-38(3,4)21-47)37(50)39(28)9-13-46(14-10-39)27-19-51-20-27/h5-7,11,15,18,22-23,25-27H,8-10,12-14,16-17,19-21H2,1-4H3,(H,42,44,45)/t25-,26+. The summed E-state index contributed by atoms with van der Waals surface area (Å²) in [5.74, 6) is -1.65. The molecule has 10 nitrogen and oxygen atoms in total. The Bertz CT molecular complexity index is 2010. The van der Waals surface area contributed by atoms with Crippen molar-refractivity contribution in [3.05, 3.63) is 60.2 Å². The summed E-state index contributed by atoms with van der Waals surface area (Å²) in [5.41, 5.74) is 4.68. The SMILES string of the molecule is CC(C)n1cnc2cc(-c3ccc4c(c3)N([C@H]3C[C@@H](N5CCC(C)(C)C5)C3)C(=O)C43CCN(C4COC4)CC3)nc(Nc3ccnc(F)c3F)c21. The first-order chi connectivity index (χ1) is 24.5. The van der Waals surface area contributed by atoms with Crippen molar-refractivity contribution in [3.63, 3.8) is 0 Å². The first-order valence-electron chi connectivity index (χ1n) is 18.5. The predicted molar refractivity (Wildman–Crippen MR) is 192 cm³/mol. The minimum atomic E-state index is -1.18. The van der Waals surface area contributed by atoms with Gasteiger partial charge in [-0.25, -0.2) is 15.0 Å². The molecule has 9 rings (SSSR count). The van der Waals surface area contributed by atoms with Crippen LogP contribution in [0.3, 0.4) is 0 Å². The largest absolute Gasteiger partial charge is 0.378 e. The second-order valence-electron chi connectivity index (χ2n) is 16.4. The zero-order valence-electron chi connectivity index (χ0n) is 29.8. The van der Waals surface area contributed by atoms with Crippen molar-refractivity contribution in [2.24, 2.45) is 5.41 Å². The molecule has 12 heteroatoms. The fourth-order valence-electron chi connectivity index (χ4n) is 9.16. The maximum atomic E-state index is 14.9. The molecule has 1 spiro atoms. The van der Waals surface area contributed by atoms with E-state index in [1.54, 1.807) is 6.33 Å². The van der Waals surface area contributed by atoms with Gasteiger partial charge in [-0.1, -0.05) is 26.0 Å². The van der Waals surface area contributed by atoms with Crippen molar-refractivity contribution >= 4 is 34.1 Å². The molecule has 0 unspecified atom stereocenters. The molecule has 0 atom stereocenters. The number of amides is 1. The van der Waals surface area contributed by atoms with Crippen molar-refractivity contribution in [3.8, 4) is 11.3 Å². The normalized spacial score (nSPS) is 24.8. The number of hydrogen-bond donors (Lipinski definition) is 1. The molecule has 0 radical (unpaired) electrons. The lowest BCUT2D eigenvalue weighted by Gasteiger charge is -2.47. The number of piperidine rings is 1. The van der Waals surface area contributed by atoms with Crippen LogP contribution in [0.25, 0.3) is 22.3 Å². The molecule has 1 aliphatic carbocycles. The summed E-state index contributed by atoms with van der Waals surface area (Å²) in [6, 6.07) is 10.8. The topological polar surface area (TPSA) is 91.7 Å². The summed E-state index contributed by atoms with van der Waals surface area (Å²) in [4.78, 5) is 35.2. The van der Waals surface area contributed by atoms with E-state index in [9.17, 15) is 13.6 Å². The van der Waals surface area contributed by atoms with Crippen LogP contribution in [0.15, 0.2) is 42.9 Å².